The summed E-state index contributed by atoms with van der Waals surface area (Å²) in [4.78, 5) is 64.7. The van der Waals surface area contributed by atoms with Crippen LogP contribution in [0.1, 0.15) is 62.1 Å². The van der Waals surface area contributed by atoms with E-state index in [9.17, 15) is 23.7 Å². The van der Waals surface area contributed by atoms with Gasteiger partial charge in [0.1, 0.15) is 24.8 Å². The highest BCUT2D eigenvalue weighted by Gasteiger charge is 2.61. The van der Waals surface area contributed by atoms with Crippen LogP contribution in [0, 0.1) is 0 Å². The third-order valence-corrected chi connectivity index (χ3v) is 15.7. The molecule has 352 valence electrons. The molecule has 9 rings (SSSR count). The van der Waals surface area contributed by atoms with Crippen LogP contribution in [0.2, 0.25) is 0 Å². The SMILES string of the molecule is CCc1cc(Nc2ncc(Br)c(Nc3ccc4c(=O)n(C)ncc4c3P(C)(C)=O)n2)c(OC)cc1N1CCC(NCCNCCc2cccc3c2C2(CC2)C(=O)N3C2CCC(=O)NC2=O)CC1. The Balaban J connectivity index is 0.791. The summed E-state index contributed by atoms with van der Waals surface area (Å²) in [6.45, 7) is 9.72. The third kappa shape index (κ3) is 9.08. The Morgan fingerprint density at radius 2 is 1.72 bits per heavy atom. The lowest BCUT2D eigenvalue weighted by Crippen LogP contribution is -2.54. The number of methoxy groups -OCH3 is 1. The lowest BCUT2D eigenvalue weighted by atomic mass is 9.91. The number of aromatic nitrogens is 4. The molecular formula is C48H57BrN11O6P. The second-order valence-corrected chi connectivity index (χ2v) is 22.3. The standard InChI is InChI=1S/C48H57BrN11O6P/c1-6-28-24-35(55-47-52-27-33(49)43(57-47)54-34-11-10-31-32(42(34)67(4,5)65)26-53-58(2)45(31)63)39(66-3)25-38(28)59-22-15-30(16-23-59)51-21-20-50-19-14-29-8-7-9-36-41(29)48(17-18-48)46(64)60(36)37-12-13-40(61)56-44(37)62/h7-11,24-27,30,37,50-51H,6,12-23H2,1-5H3,(H,56,61,62)(H2,52,54,55,57). The van der Waals surface area contributed by atoms with E-state index in [1.165, 1.54) is 10.2 Å². The molecule has 3 aliphatic heterocycles. The molecule has 1 unspecified atom stereocenters. The molecule has 1 spiro atoms. The average Bonchev–Trinajstić information content (AvgIpc) is 4.08. The van der Waals surface area contributed by atoms with Gasteiger partial charge < -0.3 is 35.5 Å². The Hall–Kier alpha value is -5.68. The molecule has 3 aromatic carbocycles. The van der Waals surface area contributed by atoms with Gasteiger partial charge in [-0.2, -0.15) is 10.1 Å². The second-order valence-electron chi connectivity index (χ2n) is 18.3. The van der Waals surface area contributed by atoms with Crippen LogP contribution < -0.4 is 52.0 Å². The maximum absolute atomic E-state index is 13.8. The molecule has 4 aliphatic rings. The second kappa shape index (κ2) is 18.8. The van der Waals surface area contributed by atoms with Gasteiger partial charge in [0.25, 0.3) is 5.56 Å². The van der Waals surface area contributed by atoms with Crippen molar-refractivity contribution in [3.63, 3.8) is 0 Å². The molecule has 3 fully saturated rings. The first-order valence-electron chi connectivity index (χ1n) is 23.0. The lowest BCUT2D eigenvalue weighted by Gasteiger charge is -2.35. The fourth-order valence-corrected chi connectivity index (χ4v) is 11.8. The molecule has 5 N–H and O–H groups in total. The number of hydrogen-bond acceptors (Lipinski definition) is 14. The normalized spacial score (nSPS) is 18.1. The van der Waals surface area contributed by atoms with E-state index in [1.807, 2.05) is 12.1 Å². The van der Waals surface area contributed by atoms with E-state index in [1.54, 1.807) is 56.9 Å². The molecule has 3 amide bonds. The first-order valence-corrected chi connectivity index (χ1v) is 26.4. The molecular weight excluding hydrogens is 937 g/mol. The molecule has 67 heavy (non-hydrogen) atoms. The summed E-state index contributed by atoms with van der Waals surface area (Å²) in [6, 6.07) is 13.4. The Kier molecular flexibility index (Phi) is 13.0. The smallest absolute Gasteiger partial charge is 0.274 e. The summed E-state index contributed by atoms with van der Waals surface area (Å²) in [5.74, 6) is 0.772. The predicted octanol–water partition coefficient (Wildman–Crippen LogP) is 5.37. The number of nitrogens with zero attached hydrogens (tertiary/aromatic N) is 6. The summed E-state index contributed by atoms with van der Waals surface area (Å²) in [7, 11) is 0.344. The molecule has 1 saturated carbocycles. The van der Waals surface area contributed by atoms with E-state index in [-0.39, 0.29) is 29.7 Å². The maximum Gasteiger partial charge on any atom is 0.274 e. The highest BCUT2D eigenvalue weighted by atomic mass is 79.9. The fourth-order valence-electron chi connectivity index (χ4n) is 10.1. The minimum atomic E-state index is -2.90. The zero-order valence-electron chi connectivity index (χ0n) is 38.5. The Morgan fingerprint density at radius 3 is 2.43 bits per heavy atom. The van der Waals surface area contributed by atoms with E-state index in [0.29, 0.717) is 56.2 Å². The minimum absolute atomic E-state index is 0.000966. The van der Waals surface area contributed by atoms with Crippen molar-refractivity contribution in [3.05, 3.63) is 86.4 Å². The van der Waals surface area contributed by atoms with E-state index in [0.717, 1.165) is 99.4 Å². The van der Waals surface area contributed by atoms with E-state index in [2.05, 4.69) is 82.6 Å². The van der Waals surface area contributed by atoms with Crippen molar-refractivity contribution in [3.8, 4) is 5.75 Å². The van der Waals surface area contributed by atoms with Gasteiger partial charge in [0.2, 0.25) is 23.7 Å². The molecule has 0 bridgehead atoms. The Labute approximate surface area is 397 Å². The summed E-state index contributed by atoms with van der Waals surface area (Å²) in [5.41, 5.74) is 5.85. The molecule has 0 radical (unpaired) electrons. The monoisotopic (exact) mass is 993 g/mol. The number of rotatable bonds is 16. The number of carbonyl (C=O) groups excluding carboxylic acids is 3. The highest BCUT2D eigenvalue weighted by Crippen LogP contribution is 2.59. The van der Waals surface area contributed by atoms with Crippen LogP contribution in [0.3, 0.4) is 0 Å². The van der Waals surface area contributed by atoms with Gasteiger partial charge in [0, 0.05) is 80.0 Å². The predicted molar refractivity (Wildman–Crippen MR) is 266 cm³/mol. The van der Waals surface area contributed by atoms with Crippen molar-refractivity contribution in [1.29, 1.82) is 0 Å². The van der Waals surface area contributed by atoms with E-state index in [4.69, 9.17) is 9.72 Å². The number of hydrogen-bond donors (Lipinski definition) is 5. The first kappa shape index (κ1) is 46.4. The van der Waals surface area contributed by atoms with Crippen LogP contribution in [-0.2, 0) is 44.3 Å². The number of ether oxygens (including phenoxy) is 1. The van der Waals surface area contributed by atoms with Gasteiger partial charge in [-0.25, -0.2) is 9.67 Å². The van der Waals surface area contributed by atoms with Crippen molar-refractivity contribution in [2.75, 3.05) is 73.6 Å². The Morgan fingerprint density at radius 1 is 0.925 bits per heavy atom. The van der Waals surface area contributed by atoms with Crippen LogP contribution in [0.5, 0.6) is 5.75 Å². The number of carbonyl (C=O) groups is 3. The van der Waals surface area contributed by atoms with Crippen molar-refractivity contribution >= 4 is 91.4 Å². The van der Waals surface area contributed by atoms with E-state index < -0.39 is 18.6 Å². The van der Waals surface area contributed by atoms with Crippen molar-refractivity contribution in [2.24, 2.45) is 7.05 Å². The van der Waals surface area contributed by atoms with Crippen molar-refractivity contribution < 1.29 is 23.7 Å². The molecule has 2 aromatic heterocycles. The molecule has 17 nitrogen and oxygen atoms in total. The van der Waals surface area contributed by atoms with Gasteiger partial charge >= 0.3 is 0 Å². The largest absolute Gasteiger partial charge is 0.494 e. The number of nitrogens with one attached hydrogen (secondary N) is 5. The van der Waals surface area contributed by atoms with Crippen molar-refractivity contribution in [2.45, 2.75) is 75.8 Å². The van der Waals surface area contributed by atoms with Crippen LogP contribution in [0.4, 0.5) is 34.5 Å². The molecule has 5 heterocycles. The third-order valence-electron chi connectivity index (χ3n) is 13.6. The quantitative estimate of drug-likeness (QED) is 0.0480. The number of benzene rings is 3. The lowest BCUT2D eigenvalue weighted by molar-refractivity contribution is -0.135. The minimum Gasteiger partial charge on any atom is -0.494 e. The molecule has 1 atom stereocenters. The number of imide groups is 1. The summed E-state index contributed by atoms with van der Waals surface area (Å²) in [5, 5.41) is 22.2. The summed E-state index contributed by atoms with van der Waals surface area (Å²) in [6.07, 6.45) is 8.99. The van der Waals surface area contributed by atoms with Gasteiger partial charge in [-0.3, -0.25) is 29.4 Å². The number of fused-ring (bicyclic) bond motifs is 3. The zero-order chi connectivity index (χ0) is 47.2. The number of amides is 3. The number of anilines is 6. The van der Waals surface area contributed by atoms with Crippen LogP contribution in [0.15, 0.2) is 64.1 Å². The molecule has 2 saturated heterocycles. The van der Waals surface area contributed by atoms with Gasteiger partial charge in [-0.05, 0) is 122 Å². The van der Waals surface area contributed by atoms with Crippen LogP contribution in [0.25, 0.3) is 10.8 Å². The average molecular weight is 995 g/mol. The Bertz CT molecular complexity index is 2890. The van der Waals surface area contributed by atoms with Crippen LogP contribution >= 0.6 is 23.1 Å². The van der Waals surface area contributed by atoms with Gasteiger partial charge in [0.15, 0.2) is 0 Å². The summed E-state index contributed by atoms with van der Waals surface area (Å²) < 4.78 is 21.4. The number of piperidine rings is 2. The van der Waals surface area contributed by atoms with Crippen LogP contribution in [-0.4, -0.2) is 103 Å². The first-order chi connectivity index (χ1) is 32.2. The maximum atomic E-state index is 13.8. The van der Waals surface area contributed by atoms with Gasteiger partial charge in [-0.15, -0.1) is 0 Å². The van der Waals surface area contributed by atoms with E-state index >= 15 is 0 Å². The number of aryl methyl sites for hydroxylation is 2. The molecule has 19 heteroatoms. The van der Waals surface area contributed by atoms with Gasteiger partial charge in [-0.1, -0.05) is 19.1 Å². The molecule has 1 aliphatic carbocycles. The summed E-state index contributed by atoms with van der Waals surface area (Å²) >= 11 is 3.57. The van der Waals surface area contributed by atoms with Crippen molar-refractivity contribution in [1.82, 2.24) is 35.7 Å². The topological polar surface area (TPSA) is 205 Å². The number of halogens is 1. The molecule has 5 aromatic rings. The highest BCUT2D eigenvalue weighted by molar-refractivity contribution is 9.10. The fraction of sp³-hybridized carbons (Fsp3) is 0.438. The van der Waals surface area contributed by atoms with Gasteiger partial charge in [0.05, 0.1) is 40.0 Å². The zero-order valence-corrected chi connectivity index (χ0v) is 41.0.